The zero-order valence-electron chi connectivity index (χ0n) is 19.4. The van der Waals surface area contributed by atoms with Gasteiger partial charge in [-0.1, -0.05) is 98.5 Å². The third-order valence-corrected chi connectivity index (χ3v) is 8.32. The van der Waals surface area contributed by atoms with Gasteiger partial charge in [0.15, 0.2) is 0 Å². The highest BCUT2D eigenvalue weighted by molar-refractivity contribution is 6.03. The number of aryl methyl sites for hydroxylation is 1. The van der Waals surface area contributed by atoms with Crippen LogP contribution in [0.1, 0.15) is 80.9 Å². The molecule has 0 saturated heterocycles. The second-order valence-corrected chi connectivity index (χ2v) is 10.2. The molecule has 0 amide bonds. The monoisotopic (exact) mass is 418 g/mol. The van der Waals surface area contributed by atoms with Gasteiger partial charge in [-0.15, -0.1) is 0 Å². The molecule has 0 heteroatoms. The zero-order chi connectivity index (χ0) is 21.5. The molecule has 0 nitrogen and oxygen atoms in total. The van der Waals surface area contributed by atoms with Crippen LogP contribution in [-0.4, -0.2) is 0 Å². The van der Waals surface area contributed by atoms with Crippen LogP contribution in [-0.2, 0) is 6.42 Å². The van der Waals surface area contributed by atoms with Crippen molar-refractivity contribution in [2.75, 3.05) is 0 Å². The van der Waals surface area contributed by atoms with Crippen LogP contribution < -0.4 is 0 Å². The lowest BCUT2D eigenvalue weighted by Gasteiger charge is -2.30. The van der Waals surface area contributed by atoms with E-state index in [1.807, 2.05) is 0 Å². The Balaban J connectivity index is 1.55. The molecule has 32 heavy (non-hydrogen) atoms. The maximum absolute atomic E-state index is 2.56. The molecule has 0 heterocycles. The van der Waals surface area contributed by atoms with Crippen LogP contribution in [0, 0.1) is 5.92 Å². The Morgan fingerprint density at radius 3 is 2.50 bits per heavy atom. The Labute approximate surface area is 193 Å². The van der Waals surface area contributed by atoms with E-state index >= 15 is 0 Å². The van der Waals surface area contributed by atoms with E-state index in [1.165, 1.54) is 90.8 Å². The first-order valence-corrected chi connectivity index (χ1v) is 12.9. The number of hydrogen-bond acceptors (Lipinski definition) is 0. The summed E-state index contributed by atoms with van der Waals surface area (Å²) in [7, 11) is 0. The van der Waals surface area contributed by atoms with Gasteiger partial charge in [0.25, 0.3) is 0 Å². The summed E-state index contributed by atoms with van der Waals surface area (Å²) in [6, 6.07) is 21.1. The Morgan fingerprint density at radius 2 is 1.69 bits per heavy atom. The molecule has 1 unspecified atom stereocenters. The van der Waals surface area contributed by atoms with Crippen molar-refractivity contribution in [2.24, 2.45) is 5.92 Å². The summed E-state index contributed by atoms with van der Waals surface area (Å²) in [4.78, 5) is 0. The van der Waals surface area contributed by atoms with E-state index in [-0.39, 0.29) is 0 Å². The average Bonchev–Trinajstić information content (AvgIpc) is 2.88. The van der Waals surface area contributed by atoms with Gasteiger partial charge in [0.05, 0.1) is 0 Å². The molecular formula is C32H34. The maximum atomic E-state index is 2.56. The van der Waals surface area contributed by atoms with Gasteiger partial charge in [0.2, 0.25) is 0 Å². The first-order valence-electron chi connectivity index (χ1n) is 12.9. The van der Waals surface area contributed by atoms with Crippen LogP contribution in [0.4, 0.5) is 0 Å². The van der Waals surface area contributed by atoms with E-state index < -0.39 is 0 Å². The summed E-state index contributed by atoms with van der Waals surface area (Å²) < 4.78 is 0. The lowest BCUT2D eigenvalue weighted by Crippen LogP contribution is -2.12. The third-order valence-electron chi connectivity index (χ3n) is 8.32. The molecule has 0 aliphatic heterocycles. The summed E-state index contributed by atoms with van der Waals surface area (Å²) in [5.41, 5.74) is 10.7. The molecule has 0 spiro atoms. The van der Waals surface area contributed by atoms with Crippen molar-refractivity contribution in [1.29, 1.82) is 0 Å². The fourth-order valence-corrected chi connectivity index (χ4v) is 6.51. The van der Waals surface area contributed by atoms with Crippen LogP contribution in [0.5, 0.6) is 0 Å². The van der Waals surface area contributed by atoms with Gasteiger partial charge in [-0.2, -0.15) is 0 Å². The van der Waals surface area contributed by atoms with E-state index in [2.05, 4.69) is 73.7 Å². The van der Waals surface area contributed by atoms with Gasteiger partial charge in [-0.05, 0) is 94.5 Å². The van der Waals surface area contributed by atoms with Gasteiger partial charge in [0, 0.05) is 0 Å². The highest BCUT2D eigenvalue weighted by Gasteiger charge is 2.25. The smallest absolute Gasteiger partial charge is 0.00668 e. The molecule has 3 aliphatic carbocycles. The first-order chi connectivity index (χ1) is 15.8. The molecule has 0 bridgehead atoms. The molecule has 6 rings (SSSR count). The van der Waals surface area contributed by atoms with Gasteiger partial charge in [-0.25, -0.2) is 0 Å². The summed E-state index contributed by atoms with van der Waals surface area (Å²) in [6.45, 7) is 2.32. The molecule has 1 fully saturated rings. The number of allylic oxidation sites excluding steroid dienone is 4. The standard InChI is InChI=1S/C32H34/c1-2-22-13-16-28-25(19-22)14-18-30-29(28)17-15-26-20-27(23-9-5-3-6-10-23)21-31(32(26)30)24-11-7-4-8-12-24/h4,7-8,11-13,15-17,20-23H,2-3,5-6,9-10,14,18-19H2,1H3. The van der Waals surface area contributed by atoms with E-state index in [4.69, 9.17) is 0 Å². The Bertz CT molecular complexity index is 1200. The lowest BCUT2D eigenvalue weighted by atomic mass is 9.75. The minimum absolute atomic E-state index is 0.730. The minimum atomic E-state index is 0.730. The first kappa shape index (κ1) is 20.0. The normalized spacial score (nSPS) is 21.0. The highest BCUT2D eigenvalue weighted by atomic mass is 14.3. The minimum Gasteiger partial charge on any atom is -0.0805 e. The van der Waals surface area contributed by atoms with Gasteiger partial charge in [0.1, 0.15) is 0 Å². The van der Waals surface area contributed by atoms with Crippen molar-refractivity contribution in [2.45, 2.75) is 70.6 Å². The number of benzene rings is 3. The summed E-state index contributed by atoms with van der Waals surface area (Å²) in [5.74, 6) is 1.46. The Kier molecular flexibility index (Phi) is 5.26. The van der Waals surface area contributed by atoms with Crippen molar-refractivity contribution < 1.29 is 0 Å². The van der Waals surface area contributed by atoms with Crippen LogP contribution in [0.15, 0.2) is 72.3 Å². The molecule has 1 atom stereocenters. The molecule has 0 N–H and O–H groups in total. The molecule has 3 aromatic carbocycles. The van der Waals surface area contributed by atoms with E-state index in [0.717, 1.165) is 11.8 Å². The number of rotatable bonds is 3. The summed E-state index contributed by atoms with van der Waals surface area (Å²) >= 11 is 0. The van der Waals surface area contributed by atoms with Gasteiger partial charge >= 0.3 is 0 Å². The predicted octanol–water partition coefficient (Wildman–Crippen LogP) is 9.24. The van der Waals surface area contributed by atoms with Crippen molar-refractivity contribution >= 4 is 16.3 Å². The van der Waals surface area contributed by atoms with Gasteiger partial charge in [-0.3, -0.25) is 0 Å². The topological polar surface area (TPSA) is 0 Å². The number of fused-ring (bicyclic) bond motifs is 4. The van der Waals surface area contributed by atoms with Crippen molar-refractivity contribution in [3.8, 4) is 11.1 Å². The van der Waals surface area contributed by atoms with Crippen LogP contribution in [0.2, 0.25) is 0 Å². The van der Waals surface area contributed by atoms with Crippen LogP contribution in [0.25, 0.3) is 27.5 Å². The molecule has 1 saturated carbocycles. The Morgan fingerprint density at radius 1 is 0.844 bits per heavy atom. The SMILES string of the molecule is CCC1C=CC2=C(CCc3c2ccc2cc(C4CCCCC4)cc(-c4ccccc4)c32)C1. The zero-order valence-corrected chi connectivity index (χ0v) is 19.4. The maximum Gasteiger partial charge on any atom is -0.00668 e. The fraction of sp³-hybridized carbons (Fsp3) is 0.375. The highest BCUT2D eigenvalue weighted by Crippen LogP contribution is 2.45. The van der Waals surface area contributed by atoms with Crippen molar-refractivity contribution in [1.82, 2.24) is 0 Å². The van der Waals surface area contributed by atoms with Crippen LogP contribution in [0.3, 0.4) is 0 Å². The van der Waals surface area contributed by atoms with Crippen molar-refractivity contribution in [3.05, 3.63) is 89.0 Å². The average molecular weight is 419 g/mol. The molecule has 0 radical (unpaired) electrons. The fourth-order valence-electron chi connectivity index (χ4n) is 6.51. The quantitative estimate of drug-likeness (QED) is 0.397. The lowest BCUT2D eigenvalue weighted by molar-refractivity contribution is 0.444. The predicted molar refractivity (Wildman–Crippen MR) is 138 cm³/mol. The summed E-state index contributed by atoms with van der Waals surface area (Å²) in [6.07, 6.45) is 16.7. The second-order valence-electron chi connectivity index (χ2n) is 10.2. The van der Waals surface area contributed by atoms with E-state index in [1.54, 1.807) is 16.7 Å². The number of hydrogen-bond donors (Lipinski definition) is 0. The summed E-state index contributed by atoms with van der Waals surface area (Å²) in [5, 5.41) is 2.95. The molecule has 3 aromatic rings. The second kappa shape index (κ2) is 8.39. The van der Waals surface area contributed by atoms with E-state index in [9.17, 15) is 0 Å². The van der Waals surface area contributed by atoms with Crippen LogP contribution >= 0.6 is 0 Å². The third kappa shape index (κ3) is 3.45. The molecule has 162 valence electrons. The van der Waals surface area contributed by atoms with Gasteiger partial charge < -0.3 is 0 Å². The molecule has 0 aromatic heterocycles. The van der Waals surface area contributed by atoms with Crippen molar-refractivity contribution in [3.63, 3.8) is 0 Å². The largest absolute Gasteiger partial charge is 0.0805 e. The molecular weight excluding hydrogens is 384 g/mol. The molecule has 3 aliphatic rings. The Hall–Kier alpha value is -2.60. The van der Waals surface area contributed by atoms with E-state index in [0.29, 0.717) is 0 Å².